The molecule has 0 aliphatic carbocycles. The number of carbonyl (C=O) groups excluding carboxylic acids is 2. The van der Waals surface area contributed by atoms with Gasteiger partial charge >= 0.3 is 0 Å². The lowest BCUT2D eigenvalue weighted by atomic mass is 10.1. The molecule has 0 saturated heterocycles. The van der Waals surface area contributed by atoms with Gasteiger partial charge in [-0.05, 0) is 54.3 Å². The Balaban J connectivity index is 1.82. The normalized spacial score (nSPS) is 11.8. The molecule has 0 unspecified atom stereocenters. The first kappa shape index (κ1) is 22.4. The predicted octanol–water partition coefficient (Wildman–Crippen LogP) is 2.71. The van der Waals surface area contributed by atoms with Crippen LogP contribution in [0.5, 0.6) is 11.5 Å². The highest BCUT2D eigenvalue weighted by Crippen LogP contribution is 2.23. The van der Waals surface area contributed by atoms with E-state index in [1.54, 1.807) is 31.4 Å². The van der Waals surface area contributed by atoms with Gasteiger partial charge in [0.05, 0.1) is 19.2 Å². The van der Waals surface area contributed by atoms with Crippen LogP contribution in [0.4, 0.5) is 5.69 Å². The van der Waals surface area contributed by atoms with Crippen LogP contribution < -0.4 is 21.1 Å². The van der Waals surface area contributed by atoms with E-state index in [1.807, 2.05) is 38.1 Å². The third-order valence-corrected chi connectivity index (χ3v) is 4.34. The Hall–Kier alpha value is -2.90. The van der Waals surface area contributed by atoms with Crippen molar-refractivity contribution in [3.63, 3.8) is 0 Å². The second-order valence-corrected chi connectivity index (χ2v) is 7.05. The summed E-state index contributed by atoms with van der Waals surface area (Å²) in [5, 5.41) is 5.26. The summed E-state index contributed by atoms with van der Waals surface area (Å²) in [4.78, 5) is 23.8. The molecule has 0 saturated carbocycles. The predicted molar refractivity (Wildman–Crippen MR) is 113 cm³/mol. The smallest absolute Gasteiger partial charge is 0.243 e. The molecule has 0 spiro atoms. The van der Waals surface area contributed by atoms with Gasteiger partial charge in [0.25, 0.3) is 0 Å². The zero-order valence-corrected chi connectivity index (χ0v) is 17.1. The van der Waals surface area contributed by atoms with Crippen LogP contribution in [0.25, 0.3) is 0 Å². The molecule has 2 aromatic carbocycles. The Labute approximate surface area is 171 Å². The maximum Gasteiger partial charge on any atom is 0.243 e. The molecule has 29 heavy (non-hydrogen) atoms. The molecule has 1 atom stereocenters. The fraction of sp³-hybridized carbons (Fsp3) is 0.364. The molecular formula is C22H29N3O4. The van der Waals surface area contributed by atoms with Crippen molar-refractivity contribution in [1.82, 2.24) is 5.32 Å². The second-order valence-electron chi connectivity index (χ2n) is 7.05. The van der Waals surface area contributed by atoms with Crippen molar-refractivity contribution < 1.29 is 19.1 Å². The summed E-state index contributed by atoms with van der Waals surface area (Å²) < 4.78 is 10.9. The fourth-order valence-corrected chi connectivity index (χ4v) is 2.48. The van der Waals surface area contributed by atoms with Crippen LogP contribution in [0.15, 0.2) is 48.5 Å². The first-order chi connectivity index (χ1) is 13.9. The van der Waals surface area contributed by atoms with Gasteiger partial charge in [0, 0.05) is 12.8 Å². The molecule has 2 aromatic rings. The second kappa shape index (κ2) is 11.2. The van der Waals surface area contributed by atoms with Crippen molar-refractivity contribution in [1.29, 1.82) is 0 Å². The Morgan fingerprint density at radius 3 is 2.14 bits per heavy atom. The van der Waals surface area contributed by atoms with Gasteiger partial charge < -0.3 is 25.8 Å². The van der Waals surface area contributed by atoms with E-state index in [-0.39, 0.29) is 24.3 Å². The van der Waals surface area contributed by atoms with E-state index in [1.165, 1.54) is 5.56 Å². The van der Waals surface area contributed by atoms with Crippen LogP contribution in [0, 0.1) is 5.92 Å². The molecular weight excluding hydrogens is 370 g/mol. The van der Waals surface area contributed by atoms with Gasteiger partial charge in [-0.3, -0.25) is 9.59 Å². The van der Waals surface area contributed by atoms with Crippen molar-refractivity contribution in [2.45, 2.75) is 26.3 Å². The number of anilines is 1. The van der Waals surface area contributed by atoms with Crippen LogP contribution in [-0.2, 0) is 20.7 Å². The minimum atomic E-state index is -0.631. The zero-order chi connectivity index (χ0) is 21.2. The average Bonchev–Trinajstić information content (AvgIpc) is 2.72. The van der Waals surface area contributed by atoms with Crippen LogP contribution in [0.3, 0.4) is 0 Å². The molecule has 0 bridgehead atoms. The van der Waals surface area contributed by atoms with Gasteiger partial charge in [0.15, 0.2) is 0 Å². The standard InChI is InChI=1S/C22H29N3O4/c1-15(2)21(23)22(27)24-14-20(26)25-17-6-10-19(11-7-17)29-18-8-4-16(5-9-18)12-13-28-3/h4-11,15,21H,12-14,23H2,1-3H3,(H,24,27)(H,25,26)/t21-/m0/s1. The van der Waals surface area contributed by atoms with E-state index in [0.29, 0.717) is 18.0 Å². The summed E-state index contributed by atoms with van der Waals surface area (Å²) >= 11 is 0. The lowest BCUT2D eigenvalue weighted by Gasteiger charge is -2.15. The maximum atomic E-state index is 12.0. The molecule has 2 amide bonds. The average molecular weight is 399 g/mol. The molecule has 156 valence electrons. The largest absolute Gasteiger partial charge is 0.457 e. The van der Waals surface area contributed by atoms with E-state index in [0.717, 1.165) is 12.2 Å². The van der Waals surface area contributed by atoms with Gasteiger partial charge in [-0.15, -0.1) is 0 Å². The summed E-state index contributed by atoms with van der Waals surface area (Å²) in [5.41, 5.74) is 7.54. The highest BCUT2D eigenvalue weighted by atomic mass is 16.5. The maximum absolute atomic E-state index is 12.0. The van der Waals surface area contributed by atoms with Crippen molar-refractivity contribution in [2.75, 3.05) is 25.6 Å². The monoisotopic (exact) mass is 399 g/mol. The number of carbonyl (C=O) groups is 2. The number of nitrogens with one attached hydrogen (secondary N) is 2. The summed E-state index contributed by atoms with van der Waals surface area (Å²) in [6.45, 7) is 4.25. The first-order valence-electron chi connectivity index (χ1n) is 9.58. The lowest BCUT2D eigenvalue weighted by Crippen LogP contribution is -2.46. The molecule has 4 N–H and O–H groups in total. The molecule has 0 aromatic heterocycles. The van der Waals surface area contributed by atoms with Crippen LogP contribution in [-0.4, -0.2) is 38.1 Å². The van der Waals surface area contributed by atoms with Gasteiger partial charge in [0.1, 0.15) is 11.5 Å². The number of hydrogen-bond acceptors (Lipinski definition) is 5. The SMILES string of the molecule is COCCc1ccc(Oc2ccc(NC(=O)CNC(=O)[C@@H](N)C(C)C)cc2)cc1. The van der Waals surface area contributed by atoms with Crippen LogP contribution in [0.2, 0.25) is 0 Å². The fourth-order valence-electron chi connectivity index (χ4n) is 2.48. The van der Waals surface area contributed by atoms with Crippen molar-refractivity contribution in [2.24, 2.45) is 11.7 Å². The van der Waals surface area contributed by atoms with E-state index in [2.05, 4.69) is 10.6 Å². The minimum absolute atomic E-state index is 0.00664. The molecule has 2 rings (SSSR count). The Morgan fingerprint density at radius 1 is 1.00 bits per heavy atom. The van der Waals surface area contributed by atoms with Crippen molar-refractivity contribution >= 4 is 17.5 Å². The molecule has 0 heterocycles. The van der Waals surface area contributed by atoms with E-state index in [9.17, 15) is 9.59 Å². The lowest BCUT2D eigenvalue weighted by molar-refractivity contribution is -0.125. The zero-order valence-electron chi connectivity index (χ0n) is 17.1. The third-order valence-electron chi connectivity index (χ3n) is 4.34. The molecule has 7 heteroatoms. The number of benzene rings is 2. The number of nitrogens with two attached hydrogens (primary N) is 1. The highest BCUT2D eigenvalue weighted by Gasteiger charge is 2.17. The third kappa shape index (κ3) is 7.56. The molecule has 0 radical (unpaired) electrons. The Morgan fingerprint density at radius 2 is 1.59 bits per heavy atom. The highest BCUT2D eigenvalue weighted by molar-refractivity contribution is 5.95. The van der Waals surface area contributed by atoms with E-state index >= 15 is 0 Å². The van der Waals surface area contributed by atoms with Crippen molar-refractivity contribution in [3.05, 3.63) is 54.1 Å². The first-order valence-corrected chi connectivity index (χ1v) is 9.58. The number of rotatable bonds is 10. The Kier molecular flexibility index (Phi) is 8.64. The molecule has 0 aliphatic heterocycles. The number of amides is 2. The van der Waals surface area contributed by atoms with E-state index < -0.39 is 6.04 Å². The summed E-state index contributed by atoms with van der Waals surface area (Å²) in [6.07, 6.45) is 0.856. The van der Waals surface area contributed by atoms with Crippen LogP contribution >= 0.6 is 0 Å². The number of methoxy groups -OCH3 is 1. The number of hydrogen-bond donors (Lipinski definition) is 3. The van der Waals surface area contributed by atoms with Crippen LogP contribution in [0.1, 0.15) is 19.4 Å². The molecule has 7 nitrogen and oxygen atoms in total. The van der Waals surface area contributed by atoms with Crippen molar-refractivity contribution in [3.8, 4) is 11.5 Å². The topological polar surface area (TPSA) is 103 Å². The Bertz CT molecular complexity index is 789. The van der Waals surface area contributed by atoms with Gasteiger partial charge in [0.2, 0.25) is 11.8 Å². The van der Waals surface area contributed by atoms with E-state index in [4.69, 9.17) is 15.2 Å². The molecule has 0 fully saturated rings. The summed E-state index contributed by atoms with van der Waals surface area (Å²) in [5.74, 6) is 0.727. The quantitative estimate of drug-likeness (QED) is 0.570. The van der Waals surface area contributed by atoms with Gasteiger partial charge in [-0.2, -0.15) is 0 Å². The number of ether oxygens (including phenoxy) is 2. The van der Waals surface area contributed by atoms with Gasteiger partial charge in [-0.25, -0.2) is 0 Å². The van der Waals surface area contributed by atoms with Gasteiger partial charge in [-0.1, -0.05) is 26.0 Å². The minimum Gasteiger partial charge on any atom is -0.457 e. The molecule has 0 aliphatic rings. The summed E-state index contributed by atoms with van der Waals surface area (Å²) in [6, 6.07) is 14.2. The summed E-state index contributed by atoms with van der Waals surface area (Å²) in [7, 11) is 1.68.